The predicted octanol–water partition coefficient (Wildman–Crippen LogP) is 3.11. The second-order valence-electron chi connectivity index (χ2n) is 4.97. The second-order valence-corrected chi connectivity index (χ2v) is 5.92. The van der Waals surface area contributed by atoms with Crippen molar-refractivity contribution in [3.8, 4) is 0 Å². The molecule has 1 saturated carbocycles. The molecule has 72 valence electrons. The van der Waals surface area contributed by atoms with Crippen molar-refractivity contribution < 1.29 is 0 Å². The molecule has 1 aromatic heterocycles. The number of thiophene rings is 1. The standard InChI is InChI=1S/C11H17NS/c1-10(2)5-6-11(12,8-10)9-4-3-7-13-9/h3-4,7H,5-6,8,12H2,1-2H3. The van der Waals surface area contributed by atoms with Crippen LogP contribution in [0.25, 0.3) is 0 Å². The summed E-state index contributed by atoms with van der Waals surface area (Å²) in [5, 5.41) is 2.12. The van der Waals surface area contributed by atoms with E-state index < -0.39 is 0 Å². The van der Waals surface area contributed by atoms with Crippen LogP contribution in [-0.4, -0.2) is 0 Å². The Labute approximate surface area is 84.0 Å². The fraction of sp³-hybridized carbons (Fsp3) is 0.636. The summed E-state index contributed by atoms with van der Waals surface area (Å²) in [4.78, 5) is 1.36. The van der Waals surface area contributed by atoms with Gasteiger partial charge in [-0.05, 0) is 36.1 Å². The van der Waals surface area contributed by atoms with Crippen LogP contribution in [0, 0.1) is 5.41 Å². The summed E-state index contributed by atoms with van der Waals surface area (Å²) < 4.78 is 0. The van der Waals surface area contributed by atoms with Gasteiger partial charge in [0.2, 0.25) is 0 Å². The molecule has 0 aromatic carbocycles. The maximum Gasteiger partial charge on any atom is 0.0509 e. The zero-order chi connectivity index (χ0) is 9.53. The van der Waals surface area contributed by atoms with Crippen LogP contribution < -0.4 is 5.73 Å². The second kappa shape index (κ2) is 2.82. The molecule has 1 nitrogen and oxygen atoms in total. The summed E-state index contributed by atoms with van der Waals surface area (Å²) in [5.74, 6) is 0. The summed E-state index contributed by atoms with van der Waals surface area (Å²) in [6.07, 6.45) is 3.52. The van der Waals surface area contributed by atoms with E-state index in [1.54, 1.807) is 11.3 Å². The lowest BCUT2D eigenvalue weighted by molar-refractivity contribution is 0.342. The van der Waals surface area contributed by atoms with E-state index in [-0.39, 0.29) is 5.54 Å². The van der Waals surface area contributed by atoms with E-state index in [4.69, 9.17) is 5.73 Å². The fourth-order valence-electron chi connectivity index (χ4n) is 2.36. The maximum atomic E-state index is 6.41. The van der Waals surface area contributed by atoms with Gasteiger partial charge in [0.05, 0.1) is 5.54 Å². The lowest BCUT2D eigenvalue weighted by Gasteiger charge is -2.25. The van der Waals surface area contributed by atoms with Crippen molar-refractivity contribution in [2.45, 2.75) is 38.6 Å². The molecule has 1 atom stereocenters. The summed E-state index contributed by atoms with van der Waals surface area (Å²) in [6.45, 7) is 4.63. The van der Waals surface area contributed by atoms with Gasteiger partial charge in [-0.3, -0.25) is 0 Å². The molecule has 2 N–H and O–H groups in total. The van der Waals surface area contributed by atoms with Crippen molar-refractivity contribution in [2.24, 2.45) is 11.1 Å². The van der Waals surface area contributed by atoms with Gasteiger partial charge in [-0.15, -0.1) is 11.3 Å². The van der Waals surface area contributed by atoms with Crippen molar-refractivity contribution in [3.05, 3.63) is 22.4 Å². The highest BCUT2D eigenvalue weighted by molar-refractivity contribution is 7.10. The lowest BCUT2D eigenvalue weighted by Crippen LogP contribution is -2.33. The third-order valence-electron chi connectivity index (χ3n) is 3.05. The first kappa shape index (κ1) is 9.22. The Morgan fingerprint density at radius 2 is 2.15 bits per heavy atom. The van der Waals surface area contributed by atoms with Crippen molar-refractivity contribution in [1.82, 2.24) is 0 Å². The van der Waals surface area contributed by atoms with Crippen LogP contribution in [0.3, 0.4) is 0 Å². The van der Waals surface area contributed by atoms with E-state index in [2.05, 4.69) is 31.4 Å². The molecule has 0 spiro atoms. The highest BCUT2D eigenvalue weighted by Gasteiger charge is 2.41. The SMILES string of the molecule is CC1(C)CCC(N)(c2cccs2)C1. The summed E-state index contributed by atoms with van der Waals surface area (Å²) in [6, 6.07) is 4.27. The van der Waals surface area contributed by atoms with Gasteiger partial charge in [0.15, 0.2) is 0 Å². The average Bonchev–Trinajstić information content (AvgIpc) is 2.58. The average molecular weight is 195 g/mol. The topological polar surface area (TPSA) is 26.0 Å². The summed E-state index contributed by atoms with van der Waals surface area (Å²) in [7, 11) is 0. The van der Waals surface area contributed by atoms with Crippen molar-refractivity contribution in [1.29, 1.82) is 0 Å². The zero-order valence-corrected chi connectivity index (χ0v) is 9.16. The molecule has 0 saturated heterocycles. The van der Waals surface area contributed by atoms with E-state index in [9.17, 15) is 0 Å². The minimum atomic E-state index is -0.0301. The molecule has 0 amide bonds. The minimum absolute atomic E-state index is 0.0301. The Hall–Kier alpha value is -0.340. The van der Waals surface area contributed by atoms with Crippen LogP contribution in [0.5, 0.6) is 0 Å². The highest BCUT2D eigenvalue weighted by atomic mass is 32.1. The van der Waals surface area contributed by atoms with Crippen LogP contribution in [0.15, 0.2) is 17.5 Å². The lowest BCUT2D eigenvalue weighted by atomic mass is 9.87. The molecule has 0 bridgehead atoms. The van der Waals surface area contributed by atoms with Crippen molar-refractivity contribution >= 4 is 11.3 Å². The van der Waals surface area contributed by atoms with E-state index in [1.165, 1.54) is 11.3 Å². The van der Waals surface area contributed by atoms with E-state index in [1.807, 2.05) is 0 Å². The van der Waals surface area contributed by atoms with E-state index >= 15 is 0 Å². The highest BCUT2D eigenvalue weighted by Crippen LogP contribution is 2.48. The van der Waals surface area contributed by atoms with Crippen LogP contribution >= 0.6 is 11.3 Å². The molecule has 2 heteroatoms. The number of rotatable bonds is 1. The smallest absolute Gasteiger partial charge is 0.0509 e. The third-order valence-corrected chi connectivity index (χ3v) is 4.14. The third kappa shape index (κ3) is 1.65. The van der Waals surface area contributed by atoms with Gasteiger partial charge in [0, 0.05) is 4.88 Å². The van der Waals surface area contributed by atoms with Gasteiger partial charge in [-0.25, -0.2) is 0 Å². The van der Waals surface area contributed by atoms with Gasteiger partial charge in [-0.2, -0.15) is 0 Å². The first-order chi connectivity index (χ1) is 6.02. The largest absolute Gasteiger partial charge is 0.321 e. The Balaban J connectivity index is 2.25. The predicted molar refractivity (Wildman–Crippen MR) is 57.8 cm³/mol. The minimum Gasteiger partial charge on any atom is -0.321 e. The van der Waals surface area contributed by atoms with Crippen LogP contribution in [-0.2, 0) is 5.54 Å². The Kier molecular flexibility index (Phi) is 2.00. The molecule has 1 aliphatic carbocycles. The normalized spacial score (nSPS) is 32.2. The summed E-state index contributed by atoms with van der Waals surface area (Å²) in [5.41, 5.74) is 6.81. The van der Waals surface area contributed by atoms with Crippen molar-refractivity contribution in [3.63, 3.8) is 0 Å². The quantitative estimate of drug-likeness (QED) is 0.732. The first-order valence-electron chi connectivity index (χ1n) is 4.85. The molecule has 13 heavy (non-hydrogen) atoms. The number of hydrogen-bond acceptors (Lipinski definition) is 2. The monoisotopic (exact) mass is 195 g/mol. The molecule has 1 aromatic rings. The summed E-state index contributed by atoms with van der Waals surface area (Å²) >= 11 is 1.79. The van der Waals surface area contributed by atoms with Gasteiger partial charge in [0.25, 0.3) is 0 Å². The maximum absolute atomic E-state index is 6.41. The van der Waals surface area contributed by atoms with Crippen molar-refractivity contribution in [2.75, 3.05) is 0 Å². The van der Waals surface area contributed by atoms with Crippen LogP contribution in [0.1, 0.15) is 38.0 Å². The number of hydrogen-bond donors (Lipinski definition) is 1. The van der Waals surface area contributed by atoms with E-state index in [0.29, 0.717) is 5.41 Å². The zero-order valence-electron chi connectivity index (χ0n) is 8.34. The van der Waals surface area contributed by atoms with Gasteiger partial charge < -0.3 is 5.73 Å². The molecular weight excluding hydrogens is 178 g/mol. The Morgan fingerprint density at radius 1 is 1.38 bits per heavy atom. The van der Waals surface area contributed by atoms with Gasteiger partial charge in [-0.1, -0.05) is 19.9 Å². The van der Waals surface area contributed by atoms with Crippen LogP contribution in [0.4, 0.5) is 0 Å². The molecule has 1 heterocycles. The number of nitrogens with two attached hydrogens (primary N) is 1. The Morgan fingerprint density at radius 3 is 2.62 bits per heavy atom. The Bertz CT molecular complexity index is 289. The van der Waals surface area contributed by atoms with E-state index in [0.717, 1.165) is 12.8 Å². The molecule has 0 aliphatic heterocycles. The molecule has 1 unspecified atom stereocenters. The molecule has 2 rings (SSSR count). The molecular formula is C11H17NS. The fourth-order valence-corrected chi connectivity index (χ4v) is 3.23. The first-order valence-corrected chi connectivity index (χ1v) is 5.73. The molecule has 1 aliphatic rings. The van der Waals surface area contributed by atoms with Gasteiger partial charge >= 0.3 is 0 Å². The van der Waals surface area contributed by atoms with Gasteiger partial charge in [0.1, 0.15) is 0 Å². The molecule has 1 fully saturated rings. The molecule has 0 radical (unpaired) electrons. The van der Waals surface area contributed by atoms with Crippen LogP contribution in [0.2, 0.25) is 0 Å².